The van der Waals surface area contributed by atoms with Gasteiger partial charge in [0.25, 0.3) is 0 Å². The summed E-state index contributed by atoms with van der Waals surface area (Å²) in [7, 11) is -3.67. The molecule has 0 N–H and O–H groups in total. The maximum Gasteiger partial charge on any atom is 0.246 e. The number of aromatic nitrogens is 4. The molecule has 0 bridgehead atoms. The highest BCUT2D eigenvalue weighted by atomic mass is 32.2. The van der Waals surface area contributed by atoms with E-state index in [1.54, 1.807) is 17.1 Å². The molecule has 156 valence electrons. The monoisotopic (exact) mass is 415 g/mol. The first-order valence-corrected chi connectivity index (χ1v) is 11.5. The van der Waals surface area contributed by atoms with Crippen molar-refractivity contribution in [2.45, 2.75) is 58.1 Å². The smallest absolute Gasteiger partial charge is 0.246 e. The fraction of sp³-hybridized carbons (Fsp3) is 0.429. The number of sulfonamides is 1. The van der Waals surface area contributed by atoms with Crippen molar-refractivity contribution >= 4 is 10.0 Å². The second-order valence-corrected chi connectivity index (χ2v) is 9.02. The second kappa shape index (κ2) is 9.37. The lowest BCUT2D eigenvalue weighted by atomic mass is 10.1. The van der Waals surface area contributed by atoms with Gasteiger partial charge in [0.15, 0.2) is 0 Å². The third-order valence-corrected chi connectivity index (χ3v) is 6.84. The standard InChI is InChI=1S/C21H29N5O2S/c1-4-12-24-17-21(15-22-24)29(27,28)25(13-11-19-9-7-6-8-10-19)16-20-14-23-26(5-2)18(20)3/h6-10,14-15,17H,4-5,11-13,16H2,1-3H3. The molecule has 8 heteroatoms. The zero-order valence-corrected chi connectivity index (χ0v) is 18.1. The molecule has 0 aliphatic heterocycles. The van der Waals surface area contributed by atoms with Gasteiger partial charge < -0.3 is 0 Å². The fourth-order valence-electron chi connectivity index (χ4n) is 3.31. The van der Waals surface area contributed by atoms with Gasteiger partial charge in [-0.3, -0.25) is 9.36 Å². The third kappa shape index (κ3) is 4.94. The zero-order valence-electron chi connectivity index (χ0n) is 17.3. The SMILES string of the molecule is CCCn1cc(S(=O)(=O)N(CCc2ccccc2)Cc2cnn(CC)c2C)cn1. The van der Waals surface area contributed by atoms with Crippen LogP contribution in [0.25, 0.3) is 0 Å². The summed E-state index contributed by atoms with van der Waals surface area (Å²) in [5.74, 6) is 0. The summed E-state index contributed by atoms with van der Waals surface area (Å²) < 4.78 is 31.9. The van der Waals surface area contributed by atoms with Crippen LogP contribution in [0.3, 0.4) is 0 Å². The van der Waals surface area contributed by atoms with Crippen molar-refractivity contribution in [3.05, 3.63) is 65.7 Å². The van der Waals surface area contributed by atoms with Crippen molar-refractivity contribution < 1.29 is 8.42 Å². The van der Waals surface area contributed by atoms with E-state index in [4.69, 9.17) is 0 Å². The van der Waals surface area contributed by atoms with E-state index in [2.05, 4.69) is 10.2 Å². The summed E-state index contributed by atoms with van der Waals surface area (Å²) >= 11 is 0. The molecule has 0 saturated heterocycles. The number of aryl methyl sites for hydroxylation is 2. The van der Waals surface area contributed by atoms with Gasteiger partial charge in [-0.05, 0) is 32.3 Å². The molecular formula is C21H29N5O2S. The molecule has 3 rings (SSSR count). The van der Waals surface area contributed by atoms with Gasteiger partial charge in [0, 0.05) is 43.6 Å². The summed E-state index contributed by atoms with van der Waals surface area (Å²) in [5.41, 5.74) is 3.02. The molecule has 0 atom stereocenters. The molecule has 0 amide bonds. The van der Waals surface area contributed by atoms with Gasteiger partial charge in [-0.2, -0.15) is 14.5 Å². The Morgan fingerprint density at radius 1 is 1.07 bits per heavy atom. The largest absolute Gasteiger partial charge is 0.271 e. The van der Waals surface area contributed by atoms with E-state index in [-0.39, 0.29) is 4.90 Å². The molecule has 0 saturated carbocycles. The molecule has 3 aromatic rings. The van der Waals surface area contributed by atoms with Crippen LogP contribution < -0.4 is 0 Å². The van der Waals surface area contributed by atoms with Crippen LogP contribution in [0.1, 0.15) is 37.1 Å². The van der Waals surface area contributed by atoms with Crippen LogP contribution in [0.4, 0.5) is 0 Å². The lowest BCUT2D eigenvalue weighted by Crippen LogP contribution is -2.32. The van der Waals surface area contributed by atoms with Gasteiger partial charge >= 0.3 is 0 Å². The Balaban J connectivity index is 1.88. The van der Waals surface area contributed by atoms with Crippen molar-refractivity contribution in [2.75, 3.05) is 6.54 Å². The van der Waals surface area contributed by atoms with Crippen molar-refractivity contribution in [3.63, 3.8) is 0 Å². The lowest BCUT2D eigenvalue weighted by Gasteiger charge is -2.21. The first kappa shape index (κ1) is 21.3. The molecule has 29 heavy (non-hydrogen) atoms. The molecule has 0 aliphatic carbocycles. The summed E-state index contributed by atoms with van der Waals surface area (Å²) in [6.07, 6.45) is 6.38. The van der Waals surface area contributed by atoms with E-state index < -0.39 is 10.0 Å². The number of hydrogen-bond donors (Lipinski definition) is 0. The highest BCUT2D eigenvalue weighted by molar-refractivity contribution is 7.89. The molecule has 0 radical (unpaired) electrons. The molecule has 0 unspecified atom stereocenters. The number of hydrogen-bond acceptors (Lipinski definition) is 4. The zero-order chi connectivity index (χ0) is 20.9. The normalized spacial score (nSPS) is 12.0. The highest BCUT2D eigenvalue weighted by Gasteiger charge is 2.27. The van der Waals surface area contributed by atoms with Crippen molar-refractivity contribution in [2.24, 2.45) is 0 Å². The Labute approximate surface area is 173 Å². The van der Waals surface area contributed by atoms with Crippen LogP contribution in [0, 0.1) is 6.92 Å². The fourth-order valence-corrected chi connectivity index (χ4v) is 4.68. The van der Waals surface area contributed by atoms with Crippen LogP contribution in [-0.4, -0.2) is 38.8 Å². The van der Waals surface area contributed by atoms with Gasteiger partial charge in [0.2, 0.25) is 10.0 Å². The average molecular weight is 416 g/mol. The minimum absolute atomic E-state index is 0.236. The van der Waals surface area contributed by atoms with E-state index in [1.807, 2.05) is 55.8 Å². The molecular weight excluding hydrogens is 386 g/mol. The molecule has 2 heterocycles. The lowest BCUT2D eigenvalue weighted by molar-refractivity contribution is 0.408. The first-order chi connectivity index (χ1) is 14.0. The van der Waals surface area contributed by atoms with E-state index in [1.165, 1.54) is 10.5 Å². The topological polar surface area (TPSA) is 73.0 Å². The summed E-state index contributed by atoms with van der Waals surface area (Å²) in [6, 6.07) is 9.94. The molecule has 0 aliphatic rings. The maximum absolute atomic E-state index is 13.4. The van der Waals surface area contributed by atoms with Gasteiger partial charge in [-0.15, -0.1) is 0 Å². The third-order valence-electron chi connectivity index (χ3n) is 5.04. The quantitative estimate of drug-likeness (QED) is 0.509. The Morgan fingerprint density at radius 3 is 2.48 bits per heavy atom. The first-order valence-electron chi connectivity index (χ1n) is 10.0. The summed E-state index contributed by atoms with van der Waals surface area (Å²) in [6.45, 7) is 8.18. The highest BCUT2D eigenvalue weighted by Crippen LogP contribution is 2.20. The van der Waals surface area contributed by atoms with Crippen LogP contribution in [-0.2, 0) is 36.1 Å². The maximum atomic E-state index is 13.4. The van der Waals surface area contributed by atoms with Crippen molar-refractivity contribution in [3.8, 4) is 0 Å². The van der Waals surface area contributed by atoms with Gasteiger partial charge in [-0.1, -0.05) is 37.3 Å². The number of nitrogens with zero attached hydrogens (tertiary/aromatic N) is 5. The second-order valence-electron chi connectivity index (χ2n) is 7.08. The molecule has 7 nitrogen and oxygen atoms in total. The Bertz CT molecular complexity index is 1020. The number of benzene rings is 1. The summed E-state index contributed by atoms with van der Waals surface area (Å²) in [4.78, 5) is 0.236. The van der Waals surface area contributed by atoms with Crippen molar-refractivity contribution in [1.82, 2.24) is 23.9 Å². The minimum atomic E-state index is -3.67. The van der Waals surface area contributed by atoms with Crippen LogP contribution in [0.2, 0.25) is 0 Å². The Hall–Kier alpha value is -2.45. The van der Waals surface area contributed by atoms with Gasteiger partial charge in [0.05, 0.1) is 12.4 Å². The predicted molar refractivity (Wildman–Crippen MR) is 113 cm³/mol. The minimum Gasteiger partial charge on any atom is -0.271 e. The van der Waals surface area contributed by atoms with E-state index in [0.29, 0.717) is 26.1 Å². The molecule has 0 fully saturated rings. The van der Waals surface area contributed by atoms with Gasteiger partial charge in [0.1, 0.15) is 4.90 Å². The van der Waals surface area contributed by atoms with Crippen LogP contribution in [0.5, 0.6) is 0 Å². The van der Waals surface area contributed by atoms with Crippen molar-refractivity contribution in [1.29, 1.82) is 0 Å². The molecule has 1 aromatic carbocycles. The molecule has 0 spiro atoms. The van der Waals surface area contributed by atoms with E-state index in [0.717, 1.165) is 29.8 Å². The number of rotatable bonds is 10. The van der Waals surface area contributed by atoms with Gasteiger partial charge in [-0.25, -0.2) is 8.42 Å². The molecule has 2 aromatic heterocycles. The van der Waals surface area contributed by atoms with E-state index in [9.17, 15) is 8.42 Å². The van der Waals surface area contributed by atoms with Crippen LogP contribution >= 0.6 is 0 Å². The Morgan fingerprint density at radius 2 is 1.83 bits per heavy atom. The summed E-state index contributed by atoms with van der Waals surface area (Å²) in [5, 5.41) is 8.58. The van der Waals surface area contributed by atoms with E-state index >= 15 is 0 Å². The predicted octanol–water partition coefficient (Wildman–Crippen LogP) is 3.25. The van der Waals surface area contributed by atoms with Crippen LogP contribution in [0.15, 0.2) is 53.8 Å². The Kier molecular flexibility index (Phi) is 6.87. The average Bonchev–Trinajstić information content (AvgIpc) is 3.33.